The van der Waals surface area contributed by atoms with Crippen molar-refractivity contribution in [1.82, 2.24) is 4.90 Å². The van der Waals surface area contributed by atoms with Gasteiger partial charge in [-0.1, -0.05) is 30.3 Å². The normalized spacial score (nSPS) is 14.5. The van der Waals surface area contributed by atoms with Crippen LogP contribution in [-0.4, -0.2) is 50.4 Å². The van der Waals surface area contributed by atoms with Crippen LogP contribution in [0.15, 0.2) is 88.7 Å². The van der Waals surface area contributed by atoms with Crippen LogP contribution in [0.25, 0.3) is 0 Å². The van der Waals surface area contributed by atoms with Crippen molar-refractivity contribution in [3.63, 3.8) is 0 Å². The number of rotatable bonds is 8. The SMILES string of the molecule is O=C(COc1ccc(S(=O)(=O)c2ccccc2)cc1)Nc1cccc(CN2CCSCC2)c1. The van der Waals surface area contributed by atoms with E-state index in [2.05, 4.69) is 16.3 Å². The van der Waals surface area contributed by atoms with E-state index in [1.54, 1.807) is 42.5 Å². The average molecular weight is 483 g/mol. The Morgan fingerprint density at radius 2 is 1.61 bits per heavy atom. The molecule has 6 nitrogen and oxygen atoms in total. The molecule has 1 amide bonds. The van der Waals surface area contributed by atoms with Crippen molar-refractivity contribution in [2.45, 2.75) is 16.3 Å². The summed E-state index contributed by atoms with van der Waals surface area (Å²) in [6.07, 6.45) is 0. The molecule has 0 saturated carbocycles. The van der Waals surface area contributed by atoms with E-state index >= 15 is 0 Å². The zero-order valence-corrected chi connectivity index (χ0v) is 19.8. The Bertz CT molecular complexity index is 1180. The number of carbonyl (C=O) groups is 1. The van der Waals surface area contributed by atoms with Gasteiger partial charge in [0.05, 0.1) is 9.79 Å². The van der Waals surface area contributed by atoms with Gasteiger partial charge in [0, 0.05) is 36.8 Å². The number of amides is 1. The molecule has 1 saturated heterocycles. The van der Waals surface area contributed by atoms with Gasteiger partial charge in [-0.3, -0.25) is 9.69 Å². The number of thioether (sulfide) groups is 1. The van der Waals surface area contributed by atoms with Crippen molar-refractivity contribution in [2.75, 3.05) is 36.5 Å². The maximum Gasteiger partial charge on any atom is 0.262 e. The summed E-state index contributed by atoms with van der Waals surface area (Å²) in [6, 6.07) is 22.2. The van der Waals surface area contributed by atoms with E-state index in [1.807, 2.05) is 30.0 Å². The molecule has 0 atom stereocenters. The first-order valence-electron chi connectivity index (χ1n) is 10.7. The molecule has 1 aliphatic heterocycles. The van der Waals surface area contributed by atoms with Crippen LogP contribution < -0.4 is 10.1 Å². The van der Waals surface area contributed by atoms with Gasteiger partial charge in [-0.25, -0.2) is 8.42 Å². The van der Waals surface area contributed by atoms with E-state index in [-0.39, 0.29) is 22.3 Å². The molecule has 8 heteroatoms. The van der Waals surface area contributed by atoms with Gasteiger partial charge in [-0.2, -0.15) is 11.8 Å². The molecule has 1 fully saturated rings. The predicted molar refractivity (Wildman–Crippen MR) is 132 cm³/mol. The van der Waals surface area contributed by atoms with Crippen molar-refractivity contribution in [2.24, 2.45) is 0 Å². The summed E-state index contributed by atoms with van der Waals surface area (Å²) in [5.74, 6) is 2.47. The summed E-state index contributed by atoms with van der Waals surface area (Å²) >= 11 is 1.98. The van der Waals surface area contributed by atoms with Crippen molar-refractivity contribution >= 4 is 33.2 Å². The Labute approximate surface area is 198 Å². The molecule has 1 heterocycles. The van der Waals surface area contributed by atoms with Crippen LogP contribution in [0.5, 0.6) is 5.75 Å². The Hall–Kier alpha value is -2.81. The molecule has 172 valence electrons. The molecule has 33 heavy (non-hydrogen) atoms. The number of sulfone groups is 1. The number of hydrogen-bond donors (Lipinski definition) is 1. The highest BCUT2D eigenvalue weighted by Crippen LogP contribution is 2.23. The second-order valence-electron chi connectivity index (χ2n) is 7.71. The molecular formula is C25H26N2O4S2. The molecule has 0 unspecified atom stereocenters. The molecule has 1 N–H and O–H groups in total. The lowest BCUT2D eigenvalue weighted by molar-refractivity contribution is -0.118. The first-order valence-corrected chi connectivity index (χ1v) is 13.4. The highest BCUT2D eigenvalue weighted by molar-refractivity contribution is 7.99. The fourth-order valence-corrected chi connectivity index (χ4v) is 5.82. The number of nitrogens with zero attached hydrogens (tertiary/aromatic N) is 1. The molecular weight excluding hydrogens is 456 g/mol. The van der Waals surface area contributed by atoms with Crippen LogP contribution in [0.4, 0.5) is 5.69 Å². The standard InChI is InChI=1S/C25H26N2O4S2/c28-25(26-21-6-4-5-20(17-21)18-27-13-15-32-16-14-27)19-31-22-9-11-24(12-10-22)33(29,30)23-7-2-1-3-8-23/h1-12,17H,13-16,18-19H2,(H,26,28). The summed E-state index contributed by atoms with van der Waals surface area (Å²) in [6.45, 7) is 2.87. The highest BCUT2D eigenvalue weighted by Gasteiger charge is 2.17. The fourth-order valence-electron chi connectivity index (χ4n) is 3.56. The Morgan fingerprint density at radius 1 is 0.909 bits per heavy atom. The molecule has 1 aliphatic rings. The lowest BCUT2D eigenvalue weighted by Crippen LogP contribution is -2.32. The summed E-state index contributed by atoms with van der Waals surface area (Å²) in [7, 11) is -3.58. The van der Waals surface area contributed by atoms with Gasteiger partial charge >= 0.3 is 0 Å². The number of ether oxygens (including phenoxy) is 1. The van der Waals surface area contributed by atoms with E-state index in [0.717, 1.165) is 42.4 Å². The van der Waals surface area contributed by atoms with Gasteiger partial charge in [0.2, 0.25) is 9.84 Å². The number of benzene rings is 3. The van der Waals surface area contributed by atoms with Gasteiger partial charge < -0.3 is 10.1 Å². The molecule has 0 bridgehead atoms. The molecule has 3 aromatic carbocycles. The molecule has 0 spiro atoms. The van der Waals surface area contributed by atoms with Crippen LogP contribution in [0.1, 0.15) is 5.56 Å². The van der Waals surface area contributed by atoms with Crippen LogP contribution in [-0.2, 0) is 21.2 Å². The number of anilines is 1. The topological polar surface area (TPSA) is 75.7 Å². The zero-order valence-electron chi connectivity index (χ0n) is 18.1. The van der Waals surface area contributed by atoms with Crippen LogP contribution in [0.2, 0.25) is 0 Å². The second kappa shape index (κ2) is 10.9. The quantitative estimate of drug-likeness (QED) is 0.521. The molecule has 0 aromatic heterocycles. The first-order chi connectivity index (χ1) is 16.0. The summed E-state index contributed by atoms with van der Waals surface area (Å²) < 4.78 is 30.9. The van der Waals surface area contributed by atoms with E-state index < -0.39 is 9.84 Å². The van der Waals surface area contributed by atoms with Gasteiger partial charge in [0.25, 0.3) is 5.91 Å². The predicted octanol–water partition coefficient (Wildman–Crippen LogP) is 4.09. The Balaban J connectivity index is 1.30. The summed E-state index contributed by atoms with van der Waals surface area (Å²) in [5.41, 5.74) is 1.90. The largest absolute Gasteiger partial charge is 0.484 e. The highest BCUT2D eigenvalue weighted by atomic mass is 32.2. The van der Waals surface area contributed by atoms with Crippen molar-refractivity contribution in [3.8, 4) is 5.75 Å². The van der Waals surface area contributed by atoms with Crippen molar-refractivity contribution in [1.29, 1.82) is 0 Å². The summed E-state index contributed by atoms with van der Waals surface area (Å²) in [4.78, 5) is 15.2. The van der Waals surface area contributed by atoms with Crippen LogP contribution >= 0.6 is 11.8 Å². The van der Waals surface area contributed by atoms with Crippen LogP contribution in [0.3, 0.4) is 0 Å². The monoisotopic (exact) mass is 482 g/mol. The minimum atomic E-state index is -3.58. The lowest BCUT2D eigenvalue weighted by Gasteiger charge is -2.26. The van der Waals surface area contributed by atoms with Gasteiger partial charge in [-0.15, -0.1) is 0 Å². The number of carbonyl (C=O) groups excluding carboxylic acids is 1. The number of hydrogen-bond acceptors (Lipinski definition) is 6. The average Bonchev–Trinajstić information content (AvgIpc) is 2.84. The van der Waals surface area contributed by atoms with Crippen LogP contribution in [0, 0.1) is 0 Å². The van der Waals surface area contributed by atoms with Gasteiger partial charge in [0.1, 0.15) is 5.75 Å². The third-order valence-electron chi connectivity index (χ3n) is 5.28. The minimum Gasteiger partial charge on any atom is -0.484 e. The first kappa shape index (κ1) is 23.4. The number of nitrogens with one attached hydrogen (secondary N) is 1. The Morgan fingerprint density at radius 3 is 2.33 bits per heavy atom. The zero-order chi connectivity index (χ0) is 23.1. The van der Waals surface area contributed by atoms with Gasteiger partial charge in [-0.05, 0) is 54.1 Å². The fraction of sp³-hybridized carbons (Fsp3) is 0.240. The van der Waals surface area contributed by atoms with Crippen molar-refractivity contribution in [3.05, 3.63) is 84.4 Å². The van der Waals surface area contributed by atoms with E-state index in [9.17, 15) is 13.2 Å². The second-order valence-corrected chi connectivity index (χ2v) is 10.9. The maximum absolute atomic E-state index is 12.7. The smallest absolute Gasteiger partial charge is 0.262 e. The third-order valence-corrected chi connectivity index (χ3v) is 8.01. The van der Waals surface area contributed by atoms with E-state index in [4.69, 9.17) is 4.74 Å². The lowest BCUT2D eigenvalue weighted by atomic mass is 10.2. The molecule has 0 radical (unpaired) electrons. The minimum absolute atomic E-state index is 0.168. The summed E-state index contributed by atoms with van der Waals surface area (Å²) in [5, 5.41) is 2.86. The third kappa shape index (κ3) is 6.37. The van der Waals surface area contributed by atoms with E-state index in [1.165, 1.54) is 12.1 Å². The van der Waals surface area contributed by atoms with E-state index in [0.29, 0.717) is 5.75 Å². The Kier molecular flexibility index (Phi) is 7.69. The molecule has 4 rings (SSSR count). The maximum atomic E-state index is 12.7. The van der Waals surface area contributed by atoms with Gasteiger partial charge in [0.15, 0.2) is 6.61 Å². The van der Waals surface area contributed by atoms with Crippen molar-refractivity contribution < 1.29 is 17.9 Å². The molecule has 0 aliphatic carbocycles. The molecule has 3 aromatic rings.